The molecular weight excluding hydrogens is 314 g/mol. The predicted molar refractivity (Wildman–Crippen MR) is 98.5 cm³/mol. The van der Waals surface area contributed by atoms with Crippen LogP contribution in [-0.4, -0.2) is 31.6 Å². The third kappa shape index (κ3) is 3.34. The number of likely N-dealkylation sites (tertiary alicyclic amines) is 1. The second kappa shape index (κ2) is 7.18. The fourth-order valence-electron chi connectivity index (χ4n) is 3.77. The molecule has 1 unspecified atom stereocenters. The van der Waals surface area contributed by atoms with Gasteiger partial charge in [-0.1, -0.05) is 35.4 Å². The number of aryl methyl sites for hydroxylation is 2. The van der Waals surface area contributed by atoms with Gasteiger partial charge in [-0.25, -0.2) is 0 Å². The summed E-state index contributed by atoms with van der Waals surface area (Å²) in [6.45, 7) is 4.96. The summed E-state index contributed by atoms with van der Waals surface area (Å²) in [5.41, 5.74) is 4.23. The van der Waals surface area contributed by atoms with E-state index < -0.39 is 0 Å². The molecule has 0 radical (unpaired) electrons. The van der Waals surface area contributed by atoms with Crippen LogP contribution < -0.4 is 9.47 Å². The van der Waals surface area contributed by atoms with Gasteiger partial charge in [0.25, 0.3) is 5.91 Å². The van der Waals surface area contributed by atoms with Crippen molar-refractivity contribution in [3.05, 3.63) is 58.7 Å². The molecule has 0 spiro atoms. The topological polar surface area (TPSA) is 38.8 Å². The van der Waals surface area contributed by atoms with E-state index in [9.17, 15) is 4.79 Å². The summed E-state index contributed by atoms with van der Waals surface area (Å²) in [6, 6.07) is 12.1. The van der Waals surface area contributed by atoms with Crippen LogP contribution in [0.3, 0.4) is 0 Å². The van der Waals surface area contributed by atoms with Crippen LogP contribution in [0.5, 0.6) is 11.5 Å². The fourth-order valence-corrected chi connectivity index (χ4v) is 3.77. The summed E-state index contributed by atoms with van der Waals surface area (Å²) in [4.78, 5) is 15.2. The molecule has 1 aliphatic rings. The maximum Gasteiger partial charge on any atom is 0.258 e. The first-order chi connectivity index (χ1) is 12.0. The highest BCUT2D eigenvalue weighted by Gasteiger charge is 2.32. The minimum Gasteiger partial charge on any atom is -0.493 e. The summed E-state index contributed by atoms with van der Waals surface area (Å²) in [5.74, 6) is 1.08. The number of nitrogens with zero attached hydrogens (tertiary/aromatic N) is 1. The van der Waals surface area contributed by atoms with Crippen molar-refractivity contribution in [3.63, 3.8) is 0 Å². The molecule has 2 aromatic carbocycles. The standard InChI is InChI=1S/C21H25NO3/c1-14-11-15(2)13-16(12-14)18-8-6-10-22(18)21(23)17-7-5-9-19(24-3)20(17)25-4/h5,7,9,11-13,18H,6,8,10H2,1-4H3. The van der Waals surface area contributed by atoms with E-state index >= 15 is 0 Å². The van der Waals surface area contributed by atoms with Crippen LogP contribution >= 0.6 is 0 Å². The lowest BCUT2D eigenvalue weighted by Crippen LogP contribution is -2.31. The van der Waals surface area contributed by atoms with Crippen LogP contribution in [0.1, 0.15) is 45.9 Å². The van der Waals surface area contributed by atoms with E-state index in [4.69, 9.17) is 9.47 Å². The number of carbonyl (C=O) groups is 1. The van der Waals surface area contributed by atoms with Gasteiger partial charge in [-0.15, -0.1) is 0 Å². The lowest BCUT2D eigenvalue weighted by molar-refractivity contribution is 0.0731. The molecule has 25 heavy (non-hydrogen) atoms. The zero-order chi connectivity index (χ0) is 18.0. The van der Waals surface area contributed by atoms with Gasteiger partial charge in [0.05, 0.1) is 25.8 Å². The van der Waals surface area contributed by atoms with Crippen molar-refractivity contribution >= 4 is 5.91 Å². The van der Waals surface area contributed by atoms with Crippen LogP contribution in [-0.2, 0) is 0 Å². The Kier molecular flexibility index (Phi) is 4.98. The molecule has 1 heterocycles. The van der Waals surface area contributed by atoms with Gasteiger partial charge in [0.1, 0.15) is 0 Å². The summed E-state index contributed by atoms with van der Waals surface area (Å²) in [7, 11) is 3.15. The molecule has 1 fully saturated rings. The lowest BCUT2D eigenvalue weighted by atomic mass is 9.99. The Morgan fingerprint density at radius 3 is 2.44 bits per heavy atom. The van der Waals surface area contributed by atoms with Crippen LogP contribution in [0.15, 0.2) is 36.4 Å². The quantitative estimate of drug-likeness (QED) is 0.834. The molecule has 2 aromatic rings. The molecule has 1 atom stereocenters. The molecule has 1 saturated heterocycles. The Labute approximate surface area is 149 Å². The van der Waals surface area contributed by atoms with E-state index in [-0.39, 0.29) is 11.9 Å². The van der Waals surface area contributed by atoms with Crippen molar-refractivity contribution in [2.75, 3.05) is 20.8 Å². The maximum atomic E-state index is 13.2. The van der Waals surface area contributed by atoms with Crippen LogP contribution in [0, 0.1) is 13.8 Å². The highest BCUT2D eigenvalue weighted by atomic mass is 16.5. The van der Waals surface area contributed by atoms with E-state index in [2.05, 4.69) is 32.0 Å². The molecule has 4 heteroatoms. The molecule has 3 rings (SSSR count). The number of benzene rings is 2. The summed E-state index contributed by atoms with van der Waals surface area (Å²) >= 11 is 0. The Hall–Kier alpha value is -2.49. The van der Waals surface area contributed by atoms with Crippen LogP contribution in [0.25, 0.3) is 0 Å². The van der Waals surface area contributed by atoms with Crippen LogP contribution in [0.2, 0.25) is 0 Å². The van der Waals surface area contributed by atoms with Gasteiger partial charge in [-0.3, -0.25) is 4.79 Å². The number of ether oxygens (including phenoxy) is 2. The second-order valence-electron chi connectivity index (χ2n) is 6.62. The molecule has 0 saturated carbocycles. The van der Waals surface area contributed by atoms with Crippen molar-refractivity contribution in [1.82, 2.24) is 4.90 Å². The van der Waals surface area contributed by atoms with Gasteiger partial charge in [0.2, 0.25) is 0 Å². The highest BCUT2D eigenvalue weighted by molar-refractivity contribution is 5.98. The van der Waals surface area contributed by atoms with E-state index in [1.54, 1.807) is 26.4 Å². The Bertz CT molecular complexity index is 764. The molecule has 1 amide bonds. The van der Waals surface area contributed by atoms with Gasteiger partial charge in [0, 0.05) is 6.54 Å². The minimum absolute atomic E-state index is 0.00240. The fraction of sp³-hybridized carbons (Fsp3) is 0.381. The molecule has 0 N–H and O–H groups in total. The second-order valence-corrected chi connectivity index (χ2v) is 6.62. The number of carbonyl (C=O) groups excluding carboxylic acids is 1. The number of hydrogen-bond acceptors (Lipinski definition) is 3. The molecule has 4 nitrogen and oxygen atoms in total. The number of hydrogen-bond donors (Lipinski definition) is 0. The van der Waals surface area contributed by atoms with E-state index in [1.165, 1.54) is 16.7 Å². The number of methoxy groups -OCH3 is 2. The Balaban J connectivity index is 1.96. The Morgan fingerprint density at radius 1 is 1.08 bits per heavy atom. The third-order valence-electron chi connectivity index (χ3n) is 4.78. The smallest absolute Gasteiger partial charge is 0.258 e. The first-order valence-corrected chi connectivity index (χ1v) is 8.65. The van der Waals surface area contributed by atoms with Crippen molar-refractivity contribution in [2.24, 2.45) is 0 Å². The van der Waals surface area contributed by atoms with Gasteiger partial charge < -0.3 is 14.4 Å². The Morgan fingerprint density at radius 2 is 1.80 bits per heavy atom. The average Bonchev–Trinajstić information content (AvgIpc) is 3.09. The van der Waals surface area contributed by atoms with E-state index in [1.807, 2.05) is 11.0 Å². The largest absolute Gasteiger partial charge is 0.493 e. The third-order valence-corrected chi connectivity index (χ3v) is 4.78. The SMILES string of the molecule is COc1cccc(C(=O)N2CCCC2c2cc(C)cc(C)c2)c1OC. The minimum atomic E-state index is -0.00240. The van der Waals surface area contributed by atoms with Gasteiger partial charge in [-0.2, -0.15) is 0 Å². The molecular formula is C21H25NO3. The van der Waals surface area contributed by atoms with Gasteiger partial charge in [-0.05, 0) is 44.4 Å². The predicted octanol–water partition coefficient (Wildman–Crippen LogP) is 4.30. The van der Waals surface area contributed by atoms with E-state index in [0.717, 1.165) is 19.4 Å². The number of para-hydroxylation sites is 1. The molecule has 0 aromatic heterocycles. The summed E-state index contributed by atoms with van der Waals surface area (Å²) in [5, 5.41) is 0. The van der Waals surface area contributed by atoms with Gasteiger partial charge >= 0.3 is 0 Å². The van der Waals surface area contributed by atoms with Crippen molar-refractivity contribution in [3.8, 4) is 11.5 Å². The lowest BCUT2D eigenvalue weighted by Gasteiger charge is -2.26. The number of amides is 1. The average molecular weight is 339 g/mol. The zero-order valence-electron chi connectivity index (χ0n) is 15.3. The van der Waals surface area contributed by atoms with Gasteiger partial charge in [0.15, 0.2) is 11.5 Å². The normalized spacial score (nSPS) is 16.8. The number of rotatable bonds is 4. The van der Waals surface area contributed by atoms with Crippen molar-refractivity contribution < 1.29 is 14.3 Å². The highest BCUT2D eigenvalue weighted by Crippen LogP contribution is 2.37. The molecule has 132 valence electrons. The summed E-state index contributed by atoms with van der Waals surface area (Å²) in [6.07, 6.45) is 2.00. The first kappa shape index (κ1) is 17.3. The molecule has 1 aliphatic heterocycles. The van der Waals surface area contributed by atoms with Crippen LogP contribution in [0.4, 0.5) is 0 Å². The maximum absolute atomic E-state index is 13.2. The monoisotopic (exact) mass is 339 g/mol. The van der Waals surface area contributed by atoms with Crippen molar-refractivity contribution in [2.45, 2.75) is 32.7 Å². The molecule has 0 aliphatic carbocycles. The molecule has 0 bridgehead atoms. The van der Waals surface area contributed by atoms with E-state index in [0.29, 0.717) is 17.1 Å². The zero-order valence-corrected chi connectivity index (χ0v) is 15.3. The first-order valence-electron chi connectivity index (χ1n) is 8.65. The van der Waals surface area contributed by atoms with Crippen molar-refractivity contribution in [1.29, 1.82) is 0 Å². The summed E-state index contributed by atoms with van der Waals surface area (Å²) < 4.78 is 10.8.